The van der Waals surface area contributed by atoms with Crippen LogP contribution in [0.25, 0.3) is 0 Å². The van der Waals surface area contributed by atoms with Gasteiger partial charge in [0.05, 0.1) is 6.61 Å². The van der Waals surface area contributed by atoms with Gasteiger partial charge in [-0.15, -0.1) is 0 Å². The molecule has 0 spiro atoms. The van der Waals surface area contributed by atoms with E-state index in [1.165, 1.54) is 57.8 Å². The molecule has 1 aliphatic rings. The van der Waals surface area contributed by atoms with Crippen LogP contribution >= 0.6 is 15.9 Å². The lowest BCUT2D eigenvalue weighted by molar-refractivity contribution is 0.0153. The van der Waals surface area contributed by atoms with Gasteiger partial charge in [-0.05, 0) is 25.2 Å². The number of halogens is 1. The standard InChI is InChI=1S/C16H31BrO/c1-3-5-9-15(4-2)12-18-14-16(13-17)10-7-6-8-11-16/h15H,3-14H2,1-2H3. The first-order valence-corrected chi connectivity index (χ1v) is 9.02. The highest BCUT2D eigenvalue weighted by Crippen LogP contribution is 2.38. The fourth-order valence-electron chi connectivity index (χ4n) is 2.96. The summed E-state index contributed by atoms with van der Waals surface area (Å²) in [6.45, 7) is 6.52. The molecule has 108 valence electrons. The van der Waals surface area contributed by atoms with E-state index < -0.39 is 0 Å². The van der Waals surface area contributed by atoms with Crippen LogP contribution in [0.15, 0.2) is 0 Å². The molecule has 0 saturated heterocycles. The van der Waals surface area contributed by atoms with Crippen molar-refractivity contribution in [3.05, 3.63) is 0 Å². The van der Waals surface area contributed by atoms with Crippen LogP contribution in [0.1, 0.15) is 71.6 Å². The van der Waals surface area contributed by atoms with Crippen LogP contribution in [0.3, 0.4) is 0 Å². The zero-order chi connectivity index (χ0) is 13.3. The van der Waals surface area contributed by atoms with E-state index in [1.807, 2.05) is 0 Å². The van der Waals surface area contributed by atoms with E-state index in [9.17, 15) is 0 Å². The Bertz CT molecular complexity index is 199. The first-order chi connectivity index (χ1) is 8.76. The van der Waals surface area contributed by atoms with Crippen LogP contribution in [-0.2, 0) is 4.74 Å². The van der Waals surface area contributed by atoms with E-state index in [4.69, 9.17) is 4.74 Å². The van der Waals surface area contributed by atoms with Gasteiger partial charge in [-0.1, -0.05) is 68.3 Å². The average molecular weight is 319 g/mol. The van der Waals surface area contributed by atoms with Crippen LogP contribution in [0, 0.1) is 11.3 Å². The van der Waals surface area contributed by atoms with Gasteiger partial charge < -0.3 is 4.74 Å². The highest BCUT2D eigenvalue weighted by molar-refractivity contribution is 9.09. The summed E-state index contributed by atoms with van der Waals surface area (Å²) < 4.78 is 6.09. The van der Waals surface area contributed by atoms with Crippen molar-refractivity contribution in [3.63, 3.8) is 0 Å². The Balaban J connectivity index is 2.24. The number of unbranched alkanes of at least 4 members (excludes halogenated alkanes) is 1. The second-order valence-corrected chi connectivity index (χ2v) is 6.69. The fraction of sp³-hybridized carbons (Fsp3) is 1.00. The molecule has 0 heterocycles. The minimum absolute atomic E-state index is 0.446. The molecule has 0 bridgehead atoms. The summed E-state index contributed by atoms with van der Waals surface area (Å²) >= 11 is 3.71. The molecule has 0 aliphatic heterocycles. The molecule has 1 unspecified atom stereocenters. The van der Waals surface area contributed by atoms with Gasteiger partial charge in [-0.3, -0.25) is 0 Å². The molecular formula is C16H31BrO. The van der Waals surface area contributed by atoms with E-state index in [0.29, 0.717) is 5.41 Å². The van der Waals surface area contributed by atoms with Crippen LogP contribution in [-0.4, -0.2) is 18.5 Å². The minimum atomic E-state index is 0.446. The molecule has 0 aromatic carbocycles. The van der Waals surface area contributed by atoms with Gasteiger partial charge in [0, 0.05) is 17.4 Å². The molecule has 2 heteroatoms. The molecule has 1 nitrogen and oxygen atoms in total. The van der Waals surface area contributed by atoms with Crippen LogP contribution in [0.4, 0.5) is 0 Å². The summed E-state index contributed by atoms with van der Waals surface area (Å²) in [4.78, 5) is 0. The number of alkyl halides is 1. The van der Waals surface area contributed by atoms with Gasteiger partial charge in [0.25, 0.3) is 0 Å². The van der Waals surface area contributed by atoms with Crippen molar-refractivity contribution in [3.8, 4) is 0 Å². The van der Waals surface area contributed by atoms with Crippen molar-refractivity contribution < 1.29 is 4.74 Å². The van der Waals surface area contributed by atoms with Crippen molar-refractivity contribution in [2.24, 2.45) is 11.3 Å². The van der Waals surface area contributed by atoms with E-state index in [2.05, 4.69) is 29.8 Å². The Hall–Kier alpha value is 0.440. The molecule has 18 heavy (non-hydrogen) atoms. The smallest absolute Gasteiger partial charge is 0.0530 e. The molecule has 0 aromatic rings. The number of hydrogen-bond acceptors (Lipinski definition) is 1. The summed E-state index contributed by atoms with van der Waals surface area (Å²) in [6, 6.07) is 0. The normalized spacial score (nSPS) is 20.8. The minimum Gasteiger partial charge on any atom is -0.381 e. The molecular weight excluding hydrogens is 288 g/mol. The molecule has 0 N–H and O–H groups in total. The maximum absolute atomic E-state index is 6.09. The third-order valence-corrected chi connectivity index (χ3v) is 5.69. The van der Waals surface area contributed by atoms with Gasteiger partial charge in [-0.2, -0.15) is 0 Å². The third-order valence-electron chi connectivity index (χ3n) is 4.50. The second kappa shape index (κ2) is 9.36. The molecule has 1 atom stereocenters. The SMILES string of the molecule is CCCCC(CC)COCC1(CBr)CCCCC1. The lowest BCUT2D eigenvalue weighted by Crippen LogP contribution is -2.32. The molecule has 0 radical (unpaired) electrons. The highest BCUT2D eigenvalue weighted by atomic mass is 79.9. The summed E-state index contributed by atoms with van der Waals surface area (Å²) in [5.41, 5.74) is 0.446. The largest absolute Gasteiger partial charge is 0.381 e. The Morgan fingerprint density at radius 1 is 1.17 bits per heavy atom. The lowest BCUT2D eigenvalue weighted by atomic mass is 9.76. The van der Waals surface area contributed by atoms with Crippen molar-refractivity contribution in [2.45, 2.75) is 71.6 Å². The predicted molar refractivity (Wildman–Crippen MR) is 83.4 cm³/mol. The van der Waals surface area contributed by atoms with Gasteiger partial charge in [0.2, 0.25) is 0 Å². The molecule has 1 rings (SSSR count). The van der Waals surface area contributed by atoms with Crippen LogP contribution in [0.2, 0.25) is 0 Å². The number of rotatable bonds is 9. The number of ether oxygens (including phenoxy) is 1. The van der Waals surface area contributed by atoms with Gasteiger partial charge >= 0.3 is 0 Å². The zero-order valence-electron chi connectivity index (χ0n) is 12.3. The van der Waals surface area contributed by atoms with Gasteiger partial charge in [-0.25, -0.2) is 0 Å². The monoisotopic (exact) mass is 318 g/mol. The molecule has 0 aromatic heterocycles. The molecule has 1 fully saturated rings. The Labute approximate surface area is 122 Å². The maximum atomic E-state index is 6.09. The second-order valence-electron chi connectivity index (χ2n) is 6.13. The summed E-state index contributed by atoms with van der Waals surface area (Å²) in [7, 11) is 0. The summed E-state index contributed by atoms with van der Waals surface area (Å²) in [6.07, 6.45) is 12.2. The third kappa shape index (κ3) is 5.61. The zero-order valence-corrected chi connectivity index (χ0v) is 13.9. The van der Waals surface area contributed by atoms with E-state index in [0.717, 1.165) is 24.5 Å². The Morgan fingerprint density at radius 2 is 1.89 bits per heavy atom. The quantitative estimate of drug-likeness (QED) is 0.505. The number of hydrogen-bond donors (Lipinski definition) is 0. The maximum Gasteiger partial charge on any atom is 0.0530 e. The van der Waals surface area contributed by atoms with Crippen molar-refractivity contribution in [1.82, 2.24) is 0 Å². The van der Waals surface area contributed by atoms with Crippen molar-refractivity contribution >= 4 is 15.9 Å². The first-order valence-electron chi connectivity index (χ1n) is 7.90. The first kappa shape index (κ1) is 16.5. The topological polar surface area (TPSA) is 9.23 Å². The van der Waals surface area contributed by atoms with Gasteiger partial charge in [0.1, 0.15) is 0 Å². The molecule has 1 saturated carbocycles. The van der Waals surface area contributed by atoms with E-state index >= 15 is 0 Å². The summed E-state index contributed by atoms with van der Waals surface area (Å²) in [5.74, 6) is 0.779. The highest BCUT2D eigenvalue weighted by Gasteiger charge is 2.31. The lowest BCUT2D eigenvalue weighted by Gasteiger charge is -2.35. The predicted octanol–water partition coefficient (Wildman–Crippen LogP) is 5.56. The van der Waals surface area contributed by atoms with E-state index in [-0.39, 0.29) is 0 Å². The van der Waals surface area contributed by atoms with Crippen LogP contribution in [0.5, 0.6) is 0 Å². The Morgan fingerprint density at radius 3 is 2.44 bits per heavy atom. The fourth-order valence-corrected chi connectivity index (χ4v) is 3.68. The van der Waals surface area contributed by atoms with E-state index in [1.54, 1.807) is 0 Å². The van der Waals surface area contributed by atoms with Crippen molar-refractivity contribution in [2.75, 3.05) is 18.5 Å². The van der Waals surface area contributed by atoms with Crippen molar-refractivity contribution in [1.29, 1.82) is 0 Å². The Kier molecular flexibility index (Phi) is 8.58. The molecule has 0 amide bonds. The summed E-state index contributed by atoms with van der Waals surface area (Å²) in [5, 5.41) is 1.12. The average Bonchev–Trinajstić information content (AvgIpc) is 2.43. The molecule has 1 aliphatic carbocycles. The van der Waals surface area contributed by atoms with Crippen LogP contribution < -0.4 is 0 Å². The van der Waals surface area contributed by atoms with Gasteiger partial charge in [0.15, 0.2) is 0 Å².